The molecule has 0 spiro atoms. The monoisotopic (exact) mass is 230 g/mol. The Morgan fingerprint density at radius 1 is 1.57 bits per heavy atom. The van der Waals surface area contributed by atoms with Crippen molar-refractivity contribution in [1.82, 2.24) is 10.3 Å². The number of carbonyl (C=O) groups is 1. The molecule has 1 rings (SSSR count). The van der Waals surface area contributed by atoms with E-state index >= 15 is 0 Å². The van der Waals surface area contributed by atoms with Crippen LogP contribution < -0.4 is 5.32 Å². The summed E-state index contributed by atoms with van der Waals surface area (Å²) < 4.78 is 0. The summed E-state index contributed by atoms with van der Waals surface area (Å²) in [6.45, 7) is 0.618. The van der Waals surface area contributed by atoms with E-state index in [0.29, 0.717) is 6.54 Å². The van der Waals surface area contributed by atoms with Crippen molar-refractivity contribution < 1.29 is 4.79 Å². The Kier molecular flexibility index (Phi) is 5.40. The van der Waals surface area contributed by atoms with Crippen molar-refractivity contribution in [3.63, 3.8) is 0 Å². The third kappa shape index (κ3) is 4.48. The van der Waals surface area contributed by atoms with Gasteiger partial charge >= 0.3 is 0 Å². The fourth-order valence-electron chi connectivity index (χ4n) is 0.826. The first-order chi connectivity index (χ1) is 6.83. The second-order valence-corrected chi connectivity index (χ2v) is 3.88. The van der Waals surface area contributed by atoms with Gasteiger partial charge in [0.25, 0.3) is 0 Å². The average molecular weight is 231 g/mol. The first-order valence-corrected chi connectivity index (χ1v) is 5.71. The Labute approximate surface area is 92.2 Å². The Bertz CT molecular complexity index is 281. The summed E-state index contributed by atoms with van der Waals surface area (Å²) in [5, 5.41) is 3.65. The second kappa shape index (κ2) is 6.68. The minimum atomic E-state index is -0.131. The summed E-state index contributed by atoms with van der Waals surface area (Å²) in [6, 6.07) is 5.75. The molecule has 0 aliphatic heterocycles. The van der Waals surface area contributed by atoms with Crippen molar-refractivity contribution in [2.45, 2.75) is 5.03 Å². The normalized spacial score (nSPS) is 9.79. The van der Waals surface area contributed by atoms with Crippen molar-refractivity contribution in [3.05, 3.63) is 24.4 Å². The quantitative estimate of drug-likeness (QED) is 0.474. The molecule has 0 aliphatic carbocycles. The van der Waals surface area contributed by atoms with Crippen LogP contribution in [-0.4, -0.2) is 29.1 Å². The van der Waals surface area contributed by atoms with Gasteiger partial charge in [-0.1, -0.05) is 6.07 Å². The Morgan fingerprint density at radius 3 is 3.07 bits per heavy atom. The van der Waals surface area contributed by atoms with E-state index in [2.05, 4.69) is 10.3 Å². The highest BCUT2D eigenvalue weighted by molar-refractivity contribution is 7.99. The third-order valence-corrected chi connectivity index (χ3v) is 2.62. The summed E-state index contributed by atoms with van der Waals surface area (Å²) in [5.74, 6) is 0.696. The van der Waals surface area contributed by atoms with E-state index in [0.717, 1.165) is 10.8 Å². The van der Waals surface area contributed by atoms with E-state index in [-0.39, 0.29) is 11.8 Å². The number of aromatic nitrogens is 1. The Hall–Kier alpha value is -0.740. The molecule has 1 amide bonds. The van der Waals surface area contributed by atoms with Gasteiger partial charge in [-0.3, -0.25) is 4.79 Å². The summed E-state index contributed by atoms with van der Waals surface area (Å²) in [6.07, 6.45) is 1.75. The van der Waals surface area contributed by atoms with E-state index < -0.39 is 0 Å². The molecule has 1 aromatic rings. The maximum absolute atomic E-state index is 10.8. The molecule has 5 heteroatoms. The highest BCUT2D eigenvalue weighted by atomic mass is 35.5. The lowest BCUT2D eigenvalue weighted by molar-refractivity contribution is -0.118. The van der Waals surface area contributed by atoms with Gasteiger partial charge in [-0.15, -0.1) is 23.4 Å². The number of nitrogens with zero attached hydrogens (tertiary/aromatic N) is 1. The fraction of sp³-hybridized carbons (Fsp3) is 0.333. The Balaban J connectivity index is 2.13. The maximum Gasteiger partial charge on any atom is 0.234 e. The zero-order valence-electron chi connectivity index (χ0n) is 7.57. The van der Waals surface area contributed by atoms with Crippen LogP contribution in [0.5, 0.6) is 0 Å². The van der Waals surface area contributed by atoms with Crippen LogP contribution in [0.2, 0.25) is 0 Å². The highest BCUT2D eigenvalue weighted by Gasteiger charge is 1.97. The third-order valence-electron chi connectivity index (χ3n) is 1.43. The van der Waals surface area contributed by atoms with Crippen molar-refractivity contribution in [3.8, 4) is 0 Å². The molecular formula is C9H11ClN2OS. The molecule has 0 atom stereocenters. The van der Waals surface area contributed by atoms with Crippen LogP contribution in [0.15, 0.2) is 29.4 Å². The largest absolute Gasteiger partial charge is 0.354 e. The van der Waals surface area contributed by atoms with Gasteiger partial charge in [0.05, 0.1) is 5.03 Å². The molecule has 0 radical (unpaired) electrons. The molecule has 0 fully saturated rings. The van der Waals surface area contributed by atoms with Crippen LogP contribution in [0.25, 0.3) is 0 Å². The number of carbonyl (C=O) groups excluding carboxylic acids is 1. The van der Waals surface area contributed by atoms with E-state index in [1.165, 1.54) is 0 Å². The van der Waals surface area contributed by atoms with Gasteiger partial charge in [0, 0.05) is 18.5 Å². The van der Waals surface area contributed by atoms with Crippen molar-refractivity contribution in [2.24, 2.45) is 0 Å². The molecule has 1 heterocycles. The number of alkyl halides is 1. The number of hydrogen-bond acceptors (Lipinski definition) is 3. The summed E-state index contributed by atoms with van der Waals surface area (Å²) in [4.78, 5) is 14.9. The highest BCUT2D eigenvalue weighted by Crippen LogP contribution is 2.12. The lowest BCUT2D eigenvalue weighted by Gasteiger charge is -2.01. The smallest absolute Gasteiger partial charge is 0.234 e. The molecular weight excluding hydrogens is 220 g/mol. The molecule has 0 bridgehead atoms. The topological polar surface area (TPSA) is 42.0 Å². The minimum absolute atomic E-state index is 0.0221. The molecule has 0 aliphatic rings. The SMILES string of the molecule is O=C(CCl)NCCSc1ccccn1. The molecule has 14 heavy (non-hydrogen) atoms. The molecule has 3 nitrogen and oxygen atoms in total. The first-order valence-electron chi connectivity index (χ1n) is 4.19. The van der Waals surface area contributed by atoms with Gasteiger partial charge in [-0.05, 0) is 12.1 Å². The minimum Gasteiger partial charge on any atom is -0.354 e. The number of pyridine rings is 1. The van der Waals surface area contributed by atoms with Gasteiger partial charge in [-0.25, -0.2) is 4.98 Å². The lowest BCUT2D eigenvalue weighted by Crippen LogP contribution is -2.26. The van der Waals surface area contributed by atoms with E-state index in [1.54, 1.807) is 18.0 Å². The van der Waals surface area contributed by atoms with Crippen LogP contribution in [0.4, 0.5) is 0 Å². The number of amides is 1. The zero-order chi connectivity index (χ0) is 10.2. The van der Waals surface area contributed by atoms with E-state index in [9.17, 15) is 4.79 Å². The molecule has 0 aromatic carbocycles. The van der Waals surface area contributed by atoms with Gasteiger partial charge in [0.2, 0.25) is 5.91 Å². The maximum atomic E-state index is 10.8. The van der Waals surface area contributed by atoms with E-state index in [4.69, 9.17) is 11.6 Å². The number of nitrogens with one attached hydrogen (secondary N) is 1. The molecule has 1 aromatic heterocycles. The standard InChI is InChI=1S/C9H11ClN2OS/c10-7-8(13)11-5-6-14-9-3-1-2-4-12-9/h1-4H,5-7H2,(H,11,13). The van der Waals surface area contributed by atoms with Gasteiger partial charge in [0.1, 0.15) is 5.88 Å². The molecule has 1 N–H and O–H groups in total. The second-order valence-electron chi connectivity index (χ2n) is 2.50. The summed E-state index contributed by atoms with van der Waals surface area (Å²) in [7, 11) is 0. The molecule has 0 unspecified atom stereocenters. The van der Waals surface area contributed by atoms with Crippen molar-refractivity contribution >= 4 is 29.3 Å². The van der Waals surface area contributed by atoms with Crippen LogP contribution >= 0.6 is 23.4 Å². The average Bonchev–Trinajstić information content (AvgIpc) is 2.25. The van der Waals surface area contributed by atoms with Gasteiger partial charge in [0.15, 0.2) is 0 Å². The number of hydrogen-bond donors (Lipinski definition) is 1. The van der Waals surface area contributed by atoms with Crippen LogP contribution in [0, 0.1) is 0 Å². The fourth-order valence-corrected chi connectivity index (χ4v) is 1.64. The Morgan fingerprint density at radius 2 is 2.43 bits per heavy atom. The predicted molar refractivity (Wildman–Crippen MR) is 58.7 cm³/mol. The predicted octanol–water partition coefficient (Wildman–Crippen LogP) is 1.53. The summed E-state index contributed by atoms with van der Waals surface area (Å²) in [5.41, 5.74) is 0. The van der Waals surface area contributed by atoms with Crippen LogP contribution in [0.1, 0.15) is 0 Å². The molecule has 0 saturated heterocycles. The first kappa shape index (κ1) is 11.3. The van der Waals surface area contributed by atoms with Gasteiger partial charge in [-0.2, -0.15) is 0 Å². The van der Waals surface area contributed by atoms with Crippen LogP contribution in [-0.2, 0) is 4.79 Å². The molecule has 76 valence electrons. The van der Waals surface area contributed by atoms with Crippen molar-refractivity contribution in [1.29, 1.82) is 0 Å². The van der Waals surface area contributed by atoms with Crippen LogP contribution in [0.3, 0.4) is 0 Å². The van der Waals surface area contributed by atoms with Crippen molar-refractivity contribution in [2.75, 3.05) is 18.2 Å². The lowest BCUT2D eigenvalue weighted by atomic mass is 10.5. The molecule has 0 saturated carbocycles. The number of rotatable bonds is 5. The number of thioether (sulfide) groups is 1. The van der Waals surface area contributed by atoms with Gasteiger partial charge < -0.3 is 5.32 Å². The van der Waals surface area contributed by atoms with E-state index in [1.807, 2.05) is 18.2 Å². The summed E-state index contributed by atoms with van der Waals surface area (Å²) >= 11 is 6.92. The zero-order valence-corrected chi connectivity index (χ0v) is 9.14. The number of halogens is 1.